The van der Waals surface area contributed by atoms with Crippen LogP contribution in [0.2, 0.25) is 0 Å². The van der Waals surface area contributed by atoms with Crippen LogP contribution in [0.3, 0.4) is 0 Å². The van der Waals surface area contributed by atoms with E-state index in [1.807, 2.05) is 0 Å². The van der Waals surface area contributed by atoms with E-state index < -0.39 is 0 Å². The van der Waals surface area contributed by atoms with E-state index in [2.05, 4.69) is 24.1 Å². The lowest BCUT2D eigenvalue weighted by atomic mass is 9.89. The van der Waals surface area contributed by atoms with Gasteiger partial charge in [-0.2, -0.15) is 0 Å². The smallest absolute Gasteiger partial charge is 0.0622 e. The van der Waals surface area contributed by atoms with Crippen molar-refractivity contribution >= 4 is 0 Å². The molecule has 2 rings (SSSR count). The normalized spacial score (nSPS) is 36.8. The molecule has 2 heterocycles. The minimum Gasteiger partial charge on any atom is -0.380 e. The van der Waals surface area contributed by atoms with Gasteiger partial charge in [-0.05, 0) is 25.3 Å². The van der Waals surface area contributed by atoms with Crippen molar-refractivity contribution < 1.29 is 4.74 Å². The van der Waals surface area contributed by atoms with E-state index in [-0.39, 0.29) is 0 Å². The van der Waals surface area contributed by atoms with E-state index in [0.29, 0.717) is 6.04 Å². The zero-order valence-electron chi connectivity index (χ0n) is 10.7. The standard InChI is InChI=1S/C13H26N2O/c1-3-11-9-15(12-6-8-16-10-12)7-5-13(11)14-4-2/h11-14H,3-10H2,1-2H3. The van der Waals surface area contributed by atoms with E-state index in [9.17, 15) is 0 Å². The van der Waals surface area contributed by atoms with Gasteiger partial charge < -0.3 is 10.1 Å². The van der Waals surface area contributed by atoms with Crippen LogP contribution >= 0.6 is 0 Å². The molecule has 0 aromatic rings. The zero-order chi connectivity index (χ0) is 11.4. The first-order valence-corrected chi connectivity index (χ1v) is 6.90. The summed E-state index contributed by atoms with van der Waals surface area (Å²) in [7, 11) is 0. The first-order chi connectivity index (χ1) is 7.85. The van der Waals surface area contributed by atoms with Gasteiger partial charge in [-0.15, -0.1) is 0 Å². The molecule has 2 saturated heterocycles. The van der Waals surface area contributed by atoms with Crippen LogP contribution in [-0.4, -0.2) is 49.8 Å². The topological polar surface area (TPSA) is 24.5 Å². The third-order valence-corrected chi connectivity index (χ3v) is 4.18. The number of piperidine rings is 1. The summed E-state index contributed by atoms with van der Waals surface area (Å²) in [6.45, 7) is 10.1. The molecule has 2 fully saturated rings. The first kappa shape index (κ1) is 12.3. The Kier molecular flexibility index (Phi) is 4.62. The van der Waals surface area contributed by atoms with Crippen LogP contribution in [0, 0.1) is 5.92 Å². The van der Waals surface area contributed by atoms with E-state index in [4.69, 9.17) is 4.74 Å². The molecular weight excluding hydrogens is 200 g/mol. The molecule has 3 nitrogen and oxygen atoms in total. The molecule has 0 aliphatic carbocycles. The number of rotatable bonds is 4. The van der Waals surface area contributed by atoms with Crippen LogP contribution in [-0.2, 0) is 4.74 Å². The molecule has 0 radical (unpaired) electrons. The third kappa shape index (κ3) is 2.76. The van der Waals surface area contributed by atoms with E-state index in [0.717, 1.165) is 31.7 Å². The van der Waals surface area contributed by atoms with Crippen molar-refractivity contribution in [3.63, 3.8) is 0 Å². The molecule has 3 atom stereocenters. The van der Waals surface area contributed by atoms with Gasteiger partial charge in [0.1, 0.15) is 0 Å². The molecule has 94 valence electrons. The summed E-state index contributed by atoms with van der Waals surface area (Å²) < 4.78 is 5.50. The van der Waals surface area contributed by atoms with Crippen molar-refractivity contribution in [3.05, 3.63) is 0 Å². The minimum atomic E-state index is 0.705. The second kappa shape index (κ2) is 5.99. The molecule has 3 heteroatoms. The number of nitrogens with zero attached hydrogens (tertiary/aromatic N) is 1. The SMILES string of the molecule is CCNC1CCN(C2CCOC2)CC1CC. The molecule has 3 unspecified atom stereocenters. The highest BCUT2D eigenvalue weighted by Crippen LogP contribution is 2.24. The number of hydrogen-bond donors (Lipinski definition) is 1. The fraction of sp³-hybridized carbons (Fsp3) is 1.00. The van der Waals surface area contributed by atoms with Crippen LogP contribution in [0.1, 0.15) is 33.1 Å². The molecule has 0 spiro atoms. The van der Waals surface area contributed by atoms with Crippen molar-refractivity contribution in [1.82, 2.24) is 10.2 Å². The predicted octanol–water partition coefficient (Wildman–Crippen LogP) is 1.49. The third-order valence-electron chi connectivity index (χ3n) is 4.18. The Morgan fingerprint density at radius 1 is 1.31 bits per heavy atom. The summed E-state index contributed by atoms with van der Waals surface area (Å²) in [5, 5.41) is 3.64. The summed E-state index contributed by atoms with van der Waals surface area (Å²) in [6.07, 6.45) is 3.84. The highest BCUT2D eigenvalue weighted by molar-refractivity contribution is 4.88. The van der Waals surface area contributed by atoms with Gasteiger partial charge in [0, 0.05) is 31.8 Å². The highest BCUT2D eigenvalue weighted by atomic mass is 16.5. The Morgan fingerprint density at radius 3 is 2.81 bits per heavy atom. The lowest BCUT2D eigenvalue weighted by molar-refractivity contribution is 0.0828. The lowest BCUT2D eigenvalue weighted by Gasteiger charge is -2.41. The van der Waals surface area contributed by atoms with E-state index in [1.54, 1.807) is 0 Å². The van der Waals surface area contributed by atoms with Crippen LogP contribution in [0.4, 0.5) is 0 Å². The van der Waals surface area contributed by atoms with Crippen molar-refractivity contribution in [2.24, 2.45) is 5.92 Å². The molecule has 0 aromatic carbocycles. The van der Waals surface area contributed by atoms with E-state index in [1.165, 1.54) is 32.4 Å². The summed E-state index contributed by atoms with van der Waals surface area (Å²) >= 11 is 0. The molecule has 0 saturated carbocycles. The average Bonchev–Trinajstić information content (AvgIpc) is 2.83. The van der Waals surface area contributed by atoms with Crippen molar-refractivity contribution in [3.8, 4) is 0 Å². The first-order valence-electron chi connectivity index (χ1n) is 6.90. The summed E-state index contributed by atoms with van der Waals surface area (Å²) in [4.78, 5) is 2.66. The van der Waals surface area contributed by atoms with Gasteiger partial charge in [0.25, 0.3) is 0 Å². The fourth-order valence-electron chi connectivity index (χ4n) is 3.15. The average molecular weight is 226 g/mol. The second-order valence-corrected chi connectivity index (χ2v) is 5.13. The van der Waals surface area contributed by atoms with Gasteiger partial charge >= 0.3 is 0 Å². The zero-order valence-corrected chi connectivity index (χ0v) is 10.7. The maximum absolute atomic E-state index is 5.50. The summed E-state index contributed by atoms with van der Waals surface area (Å²) in [6, 6.07) is 1.45. The Labute approximate surface area is 99.5 Å². The Hall–Kier alpha value is -0.120. The summed E-state index contributed by atoms with van der Waals surface area (Å²) in [5.41, 5.74) is 0. The second-order valence-electron chi connectivity index (χ2n) is 5.13. The molecule has 16 heavy (non-hydrogen) atoms. The molecular formula is C13H26N2O. The minimum absolute atomic E-state index is 0.705. The lowest BCUT2D eigenvalue weighted by Crippen LogP contribution is -2.52. The Bertz CT molecular complexity index is 204. The van der Waals surface area contributed by atoms with Gasteiger partial charge in [0.2, 0.25) is 0 Å². The Morgan fingerprint density at radius 2 is 2.19 bits per heavy atom. The van der Waals surface area contributed by atoms with Gasteiger partial charge in [-0.3, -0.25) is 4.90 Å². The van der Waals surface area contributed by atoms with Gasteiger partial charge in [0.15, 0.2) is 0 Å². The van der Waals surface area contributed by atoms with Crippen molar-refractivity contribution in [2.45, 2.75) is 45.2 Å². The van der Waals surface area contributed by atoms with Gasteiger partial charge in [-0.25, -0.2) is 0 Å². The molecule has 0 bridgehead atoms. The quantitative estimate of drug-likeness (QED) is 0.786. The Balaban J connectivity index is 1.86. The summed E-state index contributed by atoms with van der Waals surface area (Å²) in [5.74, 6) is 0.828. The van der Waals surface area contributed by atoms with Crippen LogP contribution in [0.25, 0.3) is 0 Å². The van der Waals surface area contributed by atoms with Crippen LogP contribution in [0.15, 0.2) is 0 Å². The largest absolute Gasteiger partial charge is 0.380 e. The number of likely N-dealkylation sites (tertiary alicyclic amines) is 1. The number of hydrogen-bond acceptors (Lipinski definition) is 3. The van der Waals surface area contributed by atoms with Gasteiger partial charge in [-0.1, -0.05) is 20.3 Å². The fourth-order valence-corrected chi connectivity index (χ4v) is 3.15. The maximum Gasteiger partial charge on any atom is 0.0622 e. The van der Waals surface area contributed by atoms with Crippen LogP contribution in [0.5, 0.6) is 0 Å². The number of nitrogens with one attached hydrogen (secondary N) is 1. The molecule has 2 aliphatic heterocycles. The molecule has 0 aromatic heterocycles. The van der Waals surface area contributed by atoms with Gasteiger partial charge in [0.05, 0.1) is 6.61 Å². The highest BCUT2D eigenvalue weighted by Gasteiger charge is 2.32. The predicted molar refractivity (Wildman–Crippen MR) is 66.7 cm³/mol. The van der Waals surface area contributed by atoms with Crippen molar-refractivity contribution in [1.29, 1.82) is 0 Å². The molecule has 1 N–H and O–H groups in total. The number of ether oxygens (including phenoxy) is 1. The molecule has 2 aliphatic rings. The van der Waals surface area contributed by atoms with Crippen LogP contribution < -0.4 is 5.32 Å². The monoisotopic (exact) mass is 226 g/mol. The van der Waals surface area contributed by atoms with E-state index >= 15 is 0 Å². The molecule has 0 amide bonds. The van der Waals surface area contributed by atoms with Crippen molar-refractivity contribution in [2.75, 3.05) is 32.8 Å². The maximum atomic E-state index is 5.50.